The van der Waals surface area contributed by atoms with Crippen LogP contribution in [0, 0.1) is 0 Å². The van der Waals surface area contributed by atoms with Crippen LogP contribution in [-0.2, 0) is 11.4 Å². The molecule has 4 nitrogen and oxygen atoms in total. The van der Waals surface area contributed by atoms with Crippen molar-refractivity contribution in [3.05, 3.63) is 95.1 Å². The van der Waals surface area contributed by atoms with Crippen molar-refractivity contribution in [2.45, 2.75) is 53.1 Å². The maximum atomic E-state index is 12.8. The second-order valence-corrected chi connectivity index (χ2v) is 8.86. The van der Waals surface area contributed by atoms with Gasteiger partial charge in [-0.1, -0.05) is 82.3 Å². The molecule has 0 unspecified atom stereocenters. The monoisotopic (exact) mass is 457 g/mol. The molecule has 1 N–H and O–H groups in total. The Balaban J connectivity index is 1.75. The van der Waals surface area contributed by atoms with Gasteiger partial charge in [0, 0.05) is 11.8 Å². The molecule has 0 aliphatic carbocycles. The fourth-order valence-electron chi connectivity index (χ4n) is 3.78. The van der Waals surface area contributed by atoms with Crippen molar-refractivity contribution < 1.29 is 14.3 Å². The zero-order valence-corrected chi connectivity index (χ0v) is 20.8. The Labute approximate surface area is 203 Å². The van der Waals surface area contributed by atoms with Gasteiger partial charge in [-0.3, -0.25) is 4.79 Å². The van der Waals surface area contributed by atoms with E-state index in [4.69, 9.17) is 9.47 Å². The van der Waals surface area contributed by atoms with Crippen molar-refractivity contribution >= 4 is 17.7 Å². The third-order valence-electron chi connectivity index (χ3n) is 5.55. The number of hydrogen-bond donors (Lipinski definition) is 1. The molecule has 178 valence electrons. The number of nitrogens with one attached hydrogen (secondary N) is 1. The summed E-state index contributed by atoms with van der Waals surface area (Å²) in [6, 6.07) is 22.0. The maximum absolute atomic E-state index is 12.8. The van der Waals surface area contributed by atoms with Crippen molar-refractivity contribution in [2.24, 2.45) is 0 Å². The SMILES string of the molecule is CCOc1cc(C=CC(=O)Nc2c(C(C)C)cccc2C(C)C)ccc1OCc1ccccc1. The van der Waals surface area contributed by atoms with E-state index in [2.05, 4.69) is 51.2 Å². The minimum atomic E-state index is -0.155. The third kappa shape index (κ3) is 6.74. The standard InChI is InChI=1S/C30H35NO3/c1-6-33-28-19-23(15-17-27(28)34-20-24-11-8-7-9-12-24)16-18-29(32)31-30-25(21(2)3)13-10-14-26(30)22(4)5/h7-19,21-22H,6,20H2,1-5H3,(H,31,32). The number of amides is 1. The highest BCUT2D eigenvalue weighted by Crippen LogP contribution is 2.33. The van der Waals surface area contributed by atoms with E-state index in [9.17, 15) is 4.79 Å². The normalized spacial score (nSPS) is 11.3. The highest BCUT2D eigenvalue weighted by Gasteiger charge is 2.15. The van der Waals surface area contributed by atoms with Crippen molar-refractivity contribution in [1.82, 2.24) is 0 Å². The van der Waals surface area contributed by atoms with Gasteiger partial charge < -0.3 is 14.8 Å². The molecule has 0 fully saturated rings. The predicted molar refractivity (Wildman–Crippen MR) is 141 cm³/mol. The quantitative estimate of drug-likeness (QED) is 0.320. The van der Waals surface area contributed by atoms with Gasteiger partial charge >= 0.3 is 0 Å². The predicted octanol–water partition coefficient (Wildman–Crippen LogP) is 7.56. The molecule has 34 heavy (non-hydrogen) atoms. The summed E-state index contributed by atoms with van der Waals surface area (Å²) in [5, 5.41) is 3.12. The van der Waals surface area contributed by atoms with E-state index < -0.39 is 0 Å². The van der Waals surface area contributed by atoms with Gasteiger partial charge in [-0.05, 0) is 59.2 Å². The van der Waals surface area contributed by atoms with E-state index in [0.29, 0.717) is 36.5 Å². The number of para-hydroxylation sites is 1. The fraction of sp³-hybridized carbons (Fsp3) is 0.300. The van der Waals surface area contributed by atoms with Gasteiger partial charge in [-0.15, -0.1) is 0 Å². The Hall–Kier alpha value is -3.53. The first-order valence-corrected chi connectivity index (χ1v) is 11.9. The molecule has 3 aromatic rings. The number of hydrogen-bond acceptors (Lipinski definition) is 3. The van der Waals surface area contributed by atoms with Crippen LogP contribution in [0.15, 0.2) is 72.8 Å². The van der Waals surface area contributed by atoms with Gasteiger partial charge in [0.1, 0.15) is 6.61 Å². The van der Waals surface area contributed by atoms with E-state index in [1.54, 1.807) is 12.2 Å². The minimum Gasteiger partial charge on any atom is -0.490 e. The molecular formula is C30H35NO3. The van der Waals surface area contributed by atoms with Crippen molar-refractivity contribution in [2.75, 3.05) is 11.9 Å². The second-order valence-electron chi connectivity index (χ2n) is 8.86. The molecule has 0 spiro atoms. The summed E-state index contributed by atoms with van der Waals surface area (Å²) in [5.41, 5.74) is 5.17. The lowest BCUT2D eigenvalue weighted by atomic mass is 9.92. The second kappa shape index (κ2) is 12.1. The van der Waals surface area contributed by atoms with Gasteiger partial charge in [-0.25, -0.2) is 0 Å². The van der Waals surface area contributed by atoms with Gasteiger partial charge in [0.25, 0.3) is 0 Å². The summed E-state index contributed by atoms with van der Waals surface area (Å²) in [4.78, 5) is 12.8. The smallest absolute Gasteiger partial charge is 0.248 e. The molecule has 0 radical (unpaired) electrons. The number of carbonyl (C=O) groups is 1. The molecule has 3 rings (SSSR count). The van der Waals surface area contributed by atoms with E-state index >= 15 is 0 Å². The molecule has 0 aliphatic heterocycles. The van der Waals surface area contributed by atoms with Crippen LogP contribution in [0.3, 0.4) is 0 Å². The first-order chi connectivity index (χ1) is 16.4. The number of rotatable bonds is 10. The molecule has 0 saturated carbocycles. The van der Waals surface area contributed by atoms with Crippen LogP contribution in [0.5, 0.6) is 11.5 Å². The summed E-state index contributed by atoms with van der Waals surface area (Å²) in [6.45, 7) is 11.5. The zero-order chi connectivity index (χ0) is 24.5. The molecule has 1 amide bonds. The fourth-order valence-corrected chi connectivity index (χ4v) is 3.78. The highest BCUT2D eigenvalue weighted by molar-refractivity contribution is 6.03. The number of ether oxygens (including phenoxy) is 2. The van der Waals surface area contributed by atoms with Crippen molar-refractivity contribution in [3.63, 3.8) is 0 Å². The topological polar surface area (TPSA) is 47.6 Å². The van der Waals surface area contributed by atoms with Crippen molar-refractivity contribution in [1.29, 1.82) is 0 Å². The Kier molecular flexibility index (Phi) is 8.92. The van der Waals surface area contributed by atoms with Crippen LogP contribution in [0.4, 0.5) is 5.69 Å². The Morgan fingerprint density at radius 1 is 0.853 bits per heavy atom. The first kappa shape index (κ1) is 25.1. The van der Waals surface area contributed by atoms with Gasteiger partial charge in [0.2, 0.25) is 5.91 Å². The lowest BCUT2D eigenvalue weighted by Gasteiger charge is -2.19. The van der Waals surface area contributed by atoms with E-state index in [-0.39, 0.29) is 5.91 Å². The first-order valence-electron chi connectivity index (χ1n) is 11.9. The zero-order valence-electron chi connectivity index (χ0n) is 20.8. The lowest BCUT2D eigenvalue weighted by Crippen LogP contribution is -2.13. The van der Waals surface area contributed by atoms with Crippen LogP contribution >= 0.6 is 0 Å². The summed E-state index contributed by atoms with van der Waals surface area (Å²) < 4.78 is 11.8. The molecule has 0 atom stereocenters. The largest absolute Gasteiger partial charge is 0.490 e. The molecule has 3 aromatic carbocycles. The maximum Gasteiger partial charge on any atom is 0.248 e. The average Bonchev–Trinajstić information content (AvgIpc) is 2.83. The minimum absolute atomic E-state index is 0.155. The molecule has 0 heterocycles. The van der Waals surface area contributed by atoms with E-state index in [1.165, 1.54) is 0 Å². The Morgan fingerprint density at radius 2 is 1.53 bits per heavy atom. The summed E-state index contributed by atoms with van der Waals surface area (Å²) in [6.07, 6.45) is 3.36. The van der Waals surface area contributed by atoms with Gasteiger partial charge in [-0.2, -0.15) is 0 Å². The van der Waals surface area contributed by atoms with Crippen LogP contribution in [0.2, 0.25) is 0 Å². The summed E-state index contributed by atoms with van der Waals surface area (Å²) in [7, 11) is 0. The highest BCUT2D eigenvalue weighted by atomic mass is 16.5. The molecule has 0 saturated heterocycles. The molecule has 0 bridgehead atoms. The van der Waals surface area contributed by atoms with Crippen LogP contribution < -0.4 is 14.8 Å². The Morgan fingerprint density at radius 3 is 2.15 bits per heavy atom. The van der Waals surface area contributed by atoms with E-state index in [1.807, 2.05) is 55.5 Å². The number of carbonyl (C=O) groups excluding carboxylic acids is 1. The van der Waals surface area contributed by atoms with Crippen LogP contribution in [0.1, 0.15) is 68.7 Å². The molecular weight excluding hydrogens is 422 g/mol. The molecule has 4 heteroatoms. The Bertz CT molecular complexity index is 1090. The third-order valence-corrected chi connectivity index (χ3v) is 5.55. The average molecular weight is 458 g/mol. The summed E-state index contributed by atoms with van der Waals surface area (Å²) >= 11 is 0. The summed E-state index contributed by atoms with van der Waals surface area (Å²) in [5.74, 6) is 1.82. The van der Waals surface area contributed by atoms with E-state index in [0.717, 1.165) is 27.9 Å². The molecule has 0 aromatic heterocycles. The van der Waals surface area contributed by atoms with Crippen LogP contribution in [-0.4, -0.2) is 12.5 Å². The van der Waals surface area contributed by atoms with Crippen LogP contribution in [0.25, 0.3) is 6.08 Å². The van der Waals surface area contributed by atoms with Gasteiger partial charge in [0.05, 0.1) is 6.61 Å². The molecule has 0 aliphatic rings. The number of anilines is 1. The number of benzene rings is 3. The van der Waals surface area contributed by atoms with Crippen molar-refractivity contribution in [3.8, 4) is 11.5 Å². The van der Waals surface area contributed by atoms with Gasteiger partial charge in [0.15, 0.2) is 11.5 Å². The lowest BCUT2D eigenvalue weighted by molar-refractivity contribution is -0.111.